The van der Waals surface area contributed by atoms with Gasteiger partial charge in [0.1, 0.15) is 0 Å². The van der Waals surface area contributed by atoms with E-state index in [9.17, 15) is 0 Å². The normalized spacial score (nSPS) is 13.9. The lowest BCUT2D eigenvalue weighted by atomic mass is 10.2. The number of ether oxygens (including phenoxy) is 1. The minimum Gasteiger partial charge on any atom is -0.381 e. The molecule has 0 radical (unpaired) electrons. The third-order valence-electron chi connectivity index (χ3n) is 1.81. The van der Waals surface area contributed by atoms with E-state index in [1.54, 1.807) is 7.11 Å². The van der Waals surface area contributed by atoms with E-state index in [2.05, 4.69) is 26.1 Å². The SMILES string of the molecule is CC[C@H](CCNC(C)C)OC. The average molecular weight is 159 g/mol. The Balaban J connectivity index is 3.21. The Labute approximate surface area is 70.3 Å². The van der Waals surface area contributed by atoms with Crippen LogP contribution >= 0.6 is 0 Å². The largest absolute Gasteiger partial charge is 0.381 e. The molecule has 0 bridgehead atoms. The van der Waals surface area contributed by atoms with Gasteiger partial charge >= 0.3 is 0 Å². The molecule has 0 saturated heterocycles. The molecule has 0 unspecified atom stereocenters. The smallest absolute Gasteiger partial charge is 0.0580 e. The Morgan fingerprint density at radius 1 is 1.36 bits per heavy atom. The maximum absolute atomic E-state index is 5.24. The lowest BCUT2D eigenvalue weighted by Gasteiger charge is -2.14. The van der Waals surface area contributed by atoms with E-state index in [-0.39, 0.29) is 0 Å². The van der Waals surface area contributed by atoms with Gasteiger partial charge in [-0.15, -0.1) is 0 Å². The highest BCUT2D eigenvalue weighted by atomic mass is 16.5. The molecule has 0 aromatic rings. The quantitative estimate of drug-likeness (QED) is 0.638. The molecule has 68 valence electrons. The second-order valence-corrected chi connectivity index (χ2v) is 3.16. The molecule has 0 heterocycles. The molecule has 0 rings (SSSR count). The lowest BCUT2D eigenvalue weighted by Crippen LogP contribution is -2.27. The Hall–Kier alpha value is -0.0800. The van der Waals surface area contributed by atoms with Gasteiger partial charge < -0.3 is 10.1 Å². The summed E-state index contributed by atoms with van der Waals surface area (Å²) in [4.78, 5) is 0. The summed E-state index contributed by atoms with van der Waals surface area (Å²) in [5.74, 6) is 0. The van der Waals surface area contributed by atoms with Crippen molar-refractivity contribution in [1.29, 1.82) is 0 Å². The molecule has 0 aliphatic heterocycles. The average Bonchev–Trinajstić information content (AvgIpc) is 1.98. The van der Waals surface area contributed by atoms with Crippen molar-refractivity contribution in [2.75, 3.05) is 13.7 Å². The number of rotatable bonds is 6. The molecule has 1 N–H and O–H groups in total. The fourth-order valence-electron chi connectivity index (χ4n) is 1.02. The first-order valence-corrected chi connectivity index (χ1v) is 4.46. The first-order valence-electron chi connectivity index (χ1n) is 4.46. The van der Waals surface area contributed by atoms with E-state index in [4.69, 9.17) is 4.74 Å². The van der Waals surface area contributed by atoms with Crippen LogP contribution in [0.25, 0.3) is 0 Å². The zero-order chi connectivity index (χ0) is 8.69. The van der Waals surface area contributed by atoms with Crippen LogP contribution in [0, 0.1) is 0 Å². The predicted octanol–water partition coefficient (Wildman–Crippen LogP) is 1.80. The number of hydrogen-bond acceptors (Lipinski definition) is 2. The molecule has 0 spiro atoms. The molecule has 0 fully saturated rings. The van der Waals surface area contributed by atoms with Crippen LogP contribution < -0.4 is 5.32 Å². The van der Waals surface area contributed by atoms with Crippen LogP contribution in [0.3, 0.4) is 0 Å². The summed E-state index contributed by atoms with van der Waals surface area (Å²) in [6.45, 7) is 7.54. The molecule has 2 heteroatoms. The van der Waals surface area contributed by atoms with Crippen molar-refractivity contribution >= 4 is 0 Å². The summed E-state index contributed by atoms with van der Waals surface area (Å²) in [6, 6.07) is 0.587. The van der Waals surface area contributed by atoms with Gasteiger partial charge in [-0.3, -0.25) is 0 Å². The standard InChI is InChI=1S/C9H21NO/c1-5-9(11-4)6-7-10-8(2)3/h8-10H,5-7H2,1-4H3/t9-/m1/s1. The van der Waals surface area contributed by atoms with Gasteiger partial charge in [0.25, 0.3) is 0 Å². The van der Waals surface area contributed by atoms with E-state index < -0.39 is 0 Å². The molecule has 0 aliphatic carbocycles. The summed E-state index contributed by atoms with van der Waals surface area (Å²) >= 11 is 0. The van der Waals surface area contributed by atoms with Gasteiger partial charge in [-0.25, -0.2) is 0 Å². The Morgan fingerprint density at radius 3 is 2.36 bits per heavy atom. The molecule has 0 aromatic carbocycles. The highest BCUT2D eigenvalue weighted by Gasteiger charge is 2.02. The van der Waals surface area contributed by atoms with Crippen molar-refractivity contribution in [3.05, 3.63) is 0 Å². The predicted molar refractivity (Wildman–Crippen MR) is 48.8 cm³/mol. The van der Waals surface area contributed by atoms with Crippen LogP contribution in [-0.4, -0.2) is 25.8 Å². The molecule has 1 atom stereocenters. The highest BCUT2D eigenvalue weighted by Crippen LogP contribution is 2.00. The van der Waals surface area contributed by atoms with E-state index >= 15 is 0 Å². The third kappa shape index (κ3) is 6.32. The molecule has 11 heavy (non-hydrogen) atoms. The summed E-state index contributed by atoms with van der Waals surface area (Å²) in [6.07, 6.45) is 2.66. The summed E-state index contributed by atoms with van der Waals surface area (Å²) in [5, 5.41) is 3.36. The van der Waals surface area contributed by atoms with Crippen LogP contribution in [0.2, 0.25) is 0 Å². The number of hydrogen-bond donors (Lipinski definition) is 1. The molecule has 2 nitrogen and oxygen atoms in total. The Morgan fingerprint density at radius 2 is 2.00 bits per heavy atom. The summed E-state index contributed by atoms with van der Waals surface area (Å²) < 4.78 is 5.24. The van der Waals surface area contributed by atoms with Crippen molar-refractivity contribution in [3.8, 4) is 0 Å². The van der Waals surface area contributed by atoms with Crippen LogP contribution in [0.1, 0.15) is 33.6 Å². The van der Waals surface area contributed by atoms with Crippen LogP contribution in [0.5, 0.6) is 0 Å². The van der Waals surface area contributed by atoms with Gasteiger partial charge in [-0.2, -0.15) is 0 Å². The van der Waals surface area contributed by atoms with Crippen molar-refractivity contribution in [2.45, 2.75) is 45.8 Å². The van der Waals surface area contributed by atoms with E-state index in [1.807, 2.05) is 0 Å². The van der Waals surface area contributed by atoms with Crippen molar-refractivity contribution in [3.63, 3.8) is 0 Å². The van der Waals surface area contributed by atoms with Gasteiger partial charge in [0.15, 0.2) is 0 Å². The topological polar surface area (TPSA) is 21.3 Å². The zero-order valence-corrected chi connectivity index (χ0v) is 8.18. The maximum atomic E-state index is 5.24. The minimum absolute atomic E-state index is 0.432. The van der Waals surface area contributed by atoms with E-state index in [0.29, 0.717) is 12.1 Å². The Kier molecular flexibility index (Phi) is 6.57. The highest BCUT2D eigenvalue weighted by molar-refractivity contribution is 4.59. The van der Waals surface area contributed by atoms with E-state index in [1.165, 1.54) is 0 Å². The van der Waals surface area contributed by atoms with Crippen LogP contribution in [0.15, 0.2) is 0 Å². The monoisotopic (exact) mass is 159 g/mol. The van der Waals surface area contributed by atoms with Crippen LogP contribution in [-0.2, 0) is 4.74 Å². The molecule has 0 aromatic heterocycles. The van der Waals surface area contributed by atoms with Gasteiger partial charge in [0.05, 0.1) is 6.10 Å². The van der Waals surface area contributed by atoms with Crippen molar-refractivity contribution in [1.82, 2.24) is 5.32 Å². The second-order valence-electron chi connectivity index (χ2n) is 3.16. The van der Waals surface area contributed by atoms with Gasteiger partial charge in [0.2, 0.25) is 0 Å². The molecular weight excluding hydrogens is 138 g/mol. The maximum Gasteiger partial charge on any atom is 0.0580 e. The van der Waals surface area contributed by atoms with Crippen molar-refractivity contribution in [2.24, 2.45) is 0 Å². The second kappa shape index (κ2) is 6.62. The van der Waals surface area contributed by atoms with Gasteiger partial charge in [0, 0.05) is 13.2 Å². The Bertz CT molecular complexity index is 79.6. The first-order chi connectivity index (χ1) is 5.20. The molecule has 0 amide bonds. The van der Waals surface area contributed by atoms with Gasteiger partial charge in [-0.05, 0) is 19.4 Å². The number of methoxy groups -OCH3 is 1. The first kappa shape index (κ1) is 10.9. The summed E-state index contributed by atoms with van der Waals surface area (Å²) in [7, 11) is 1.78. The summed E-state index contributed by atoms with van der Waals surface area (Å²) in [5.41, 5.74) is 0. The minimum atomic E-state index is 0.432. The lowest BCUT2D eigenvalue weighted by molar-refractivity contribution is 0.0917. The molecule has 0 saturated carbocycles. The van der Waals surface area contributed by atoms with E-state index in [0.717, 1.165) is 19.4 Å². The molecule has 0 aliphatic rings. The fraction of sp³-hybridized carbons (Fsp3) is 1.00. The molecular formula is C9H21NO. The zero-order valence-electron chi connectivity index (χ0n) is 8.18. The fourth-order valence-corrected chi connectivity index (χ4v) is 1.02. The van der Waals surface area contributed by atoms with Crippen LogP contribution in [0.4, 0.5) is 0 Å². The third-order valence-corrected chi connectivity index (χ3v) is 1.81. The number of nitrogens with one attached hydrogen (secondary N) is 1. The van der Waals surface area contributed by atoms with Crippen molar-refractivity contribution < 1.29 is 4.74 Å². The van der Waals surface area contributed by atoms with Gasteiger partial charge in [-0.1, -0.05) is 20.8 Å².